The van der Waals surface area contributed by atoms with Gasteiger partial charge in [0.2, 0.25) is 5.91 Å². The smallest absolute Gasteiger partial charge is 0.408 e. The molecule has 2 atom stereocenters. The lowest BCUT2D eigenvalue weighted by molar-refractivity contribution is -0.143. The summed E-state index contributed by atoms with van der Waals surface area (Å²) in [5.74, 6) is -1.30. The maximum atomic E-state index is 13.2. The Morgan fingerprint density at radius 2 is 1.69 bits per heavy atom. The van der Waals surface area contributed by atoms with Crippen molar-refractivity contribution in [3.63, 3.8) is 0 Å². The number of amides is 2. The molecule has 0 radical (unpaired) electrons. The Hall–Kier alpha value is -3.04. The fourth-order valence-electron chi connectivity index (χ4n) is 4.38. The fraction of sp³-hybridized carbons (Fsp3) is 0.423. The number of carboxylic acid groups (broad SMARTS) is 1. The first-order valence-corrected chi connectivity index (χ1v) is 12.9. The summed E-state index contributed by atoms with van der Waals surface area (Å²) in [5, 5.41) is 14.7. The molecule has 1 aliphatic carbocycles. The molecule has 0 saturated carbocycles. The van der Waals surface area contributed by atoms with Gasteiger partial charge in [-0.2, -0.15) is 11.8 Å². The topological polar surface area (TPSA) is 114 Å². The molecule has 0 bridgehead atoms. The predicted molar refractivity (Wildman–Crippen MR) is 136 cm³/mol. The first-order chi connectivity index (χ1) is 16.9. The molecule has 35 heavy (non-hydrogen) atoms. The van der Waals surface area contributed by atoms with Crippen LogP contribution in [0.3, 0.4) is 0 Å². The van der Waals surface area contributed by atoms with Crippen LogP contribution in [-0.2, 0) is 19.1 Å². The fourth-order valence-corrected chi connectivity index (χ4v) is 4.85. The molecular weight excluding hydrogens is 468 g/mol. The maximum absolute atomic E-state index is 13.2. The van der Waals surface area contributed by atoms with Gasteiger partial charge in [-0.3, -0.25) is 4.79 Å². The summed E-state index contributed by atoms with van der Waals surface area (Å²) in [6, 6.07) is 15.0. The van der Waals surface area contributed by atoms with Gasteiger partial charge in [-0.1, -0.05) is 55.5 Å². The van der Waals surface area contributed by atoms with Crippen molar-refractivity contribution in [3.8, 4) is 11.1 Å². The van der Waals surface area contributed by atoms with Crippen molar-refractivity contribution in [1.29, 1.82) is 0 Å². The van der Waals surface area contributed by atoms with Gasteiger partial charge in [-0.15, -0.1) is 0 Å². The number of nitrogens with one attached hydrogen (secondary N) is 2. The number of carbonyl (C=O) groups excluding carboxylic acids is 2. The molecule has 188 valence electrons. The van der Waals surface area contributed by atoms with Crippen molar-refractivity contribution in [3.05, 3.63) is 59.7 Å². The second-order valence-corrected chi connectivity index (χ2v) is 9.45. The summed E-state index contributed by atoms with van der Waals surface area (Å²) < 4.78 is 10.8. The van der Waals surface area contributed by atoms with Crippen molar-refractivity contribution in [1.82, 2.24) is 10.6 Å². The molecule has 0 fully saturated rings. The zero-order valence-electron chi connectivity index (χ0n) is 20.2. The Bertz CT molecular complexity index is 1020. The lowest BCUT2D eigenvalue weighted by Crippen LogP contribution is -2.63. The van der Waals surface area contributed by atoms with Crippen molar-refractivity contribution in [2.75, 3.05) is 32.3 Å². The summed E-state index contributed by atoms with van der Waals surface area (Å²) >= 11 is 1.49. The van der Waals surface area contributed by atoms with E-state index in [9.17, 15) is 19.5 Å². The van der Waals surface area contributed by atoms with E-state index in [-0.39, 0.29) is 32.0 Å². The lowest BCUT2D eigenvalue weighted by Gasteiger charge is -2.32. The highest BCUT2D eigenvalue weighted by atomic mass is 32.2. The molecule has 0 aromatic heterocycles. The average molecular weight is 501 g/mol. The van der Waals surface area contributed by atoms with Gasteiger partial charge in [0.1, 0.15) is 18.2 Å². The first kappa shape index (κ1) is 26.6. The number of ether oxygens (including phenoxy) is 2. The van der Waals surface area contributed by atoms with E-state index in [1.165, 1.54) is 18.9 Å². The van der Waals surface area contributed by atoms with Crippen molar-refractivity contribution < 1.29 is 29.0 Å². The Balaban J connectivity index is 1.72. The molecule has 2 aromatic rings. The number of alkyl carbamates (subject to hydrolysis) is 1. The SMILES string of the molecule is CCC(COC)(NC(=O)OCC1c2ccccc2-c2ccccc21)C(=O)N[C@@H](CCSC)C(=O)O. The van der Waals surface area contributed by atoms with E-state index in [1.807, 2.05) is 42.7 Å². The van der Waals surface area contributed by atoms with Gasteiger partial charge in [0.05, 0.1) is 6.61 Å². The Kier molecular flexibility index (Phi) is 9.17. The van der Waals surface area contributed by atoms with Crippen LogP contribution in [0.25, 0.3) is 11.1 Å². The van der Waals surface area contributed by atoms with Gasteiger partial charge in [-0.05, 0) is 47.1 Å². The van der Waals surface area contributed by atoms with Gasteiger partial charge in [-0.25, -0.2) is 9.59 Å². The zero-order valence-corrected chi connectivity index (χ0v) is 21.0. The molecule has 2 aromatic carbocycles. The Morgan fingerprint density at radius 3 is 2.20 bits per heavy atom. The summed E-state index contributed by atoms with van der Waals surface area (Å²) in [6.07, 6.45) is 1.55. The first-order valence-electron chi connectivity index (χ1n) is 11.5. The molecule has 9 heteroatoms. The highest BCUT2D eigenvalue weighted by Gasteiger charge is 2.41. The number of benzene rings is 2. The van der Waals surface area contributed by atoms with Crippen LogP contribution in [0.2, 0.25) is 0 Å². The minimum absolute atomic E-state index is 0.0970. The lowest BCUT2D eigenvalue weighted by atomic mass is 9.95. The molecule has 2 amide bonds. The number of rotatable bonds is 12. The number of hydrogen-bond acceptors (Lipinski definition) is 6. The van der Waals surface area contributed by atoms with Gasteiger partial charge in [0.15, 0.2) is 0 Å². The molecule has 3 rings (SSSR count). The van der Waals surface area contributed by atoms with E-state index in [4.69, 9.17) is 9.47 Å². The van der Waals surface area contributed by atoms with Gasteiger partial charge >= 0.3 is 12.1 Å². The van der Waals surface area contributed by atoms with E-state index in [0.717, 1.165) is 22.3 Å². The highest BCUT2D eigenvalue weighted by molar-refractivity contribution is 7.98. The van der Waals surface area contributed by atoms with Crippen LogP contribution in [0.5, 0.6) is 0 Å². The van der Waals surface area contributed by atoms with E-state index in [2.05, 4.69) is 22.8 Å². The Labute approximate surface area is 209 Å². The zero-order chi connectivity index (χ0) is 25.4. The van der Waals surface area contributed by atoms with Gasteiger partial charge < -0.3 is 25.2 Å². The standard InChI is InChI=1S/C26H32N2O6S/c1-4-26(16-33-2,24(31)27-22(23(29)30)13-14-35-3)28-25(32)34-15-21-19-11-7-5-9-17(19)18-10-6-8-12-20(18)21/h5-12,21-22H,4,13-16H2,1-3H3,(H,27,31)(H,28,32)(H,29,30)/t22-,26?/m0/s1. The molecule has 3 N–H and O–H groups in total. The molecule has 1 aliphatic rings. The molecule has 0 heterocycles. The van der Waals surface area contributed by atoms with Crippen LogP contribution in [0, 0.1) is 0 Å². The van der Waals surface area contributed by atoms with E-state index in [1.54, 1.807) is 6.92 Å². The third kappa shape index (κ3) is 5.97. The van der Waals surface area contributed by atoms with Crippen LogP contribution < -0.4 is 10.6 Å². The number of thioether (sulfide) groups is 1. The number of carbonyl (C=O) groups is 3. The van der Waals surface area contributed by atoms with Crippen LogP contribution >= 0.6 is 11.8 Å². The molecule has 0 spiro atoms. The van der Waals surface area contributed by atoms with Crippen molar-refractivity contribution in [2.45, 2.75) is 37.3 Å². The second kappa shape index (κ2) is 12.1. The monoisotopic (exact) mass is 500 g/mol. The quantitative estimate of drug-likeness (QED) is 0.408. The predicted octanol–water partition coefficient (Wildman–Crippen LogP) is 3.64. The van der Waals surface area contributed by atoms with E-state index < -0.39 is 29.6 Å². The Morgan fingerprint density at radius 1 is 1.09 bits per heavy atom. The summed E-state index contributed by atoms with van der Waals surface area (Å²) in [6.45, 7) is 1.69. The summed E-state index contributed by atoms with van der Waals surface area (Å²) in [4.78, 5) is 37.7. The largest absolute Gasteiger partial charge is 0.480 e. The average Bonchev–Trinajstić information content (AvgIpc) is 3.18. The third-order valence-electron chi connectivity index (χ3n) is 6.33. The van der Waals surface area contributed by atoms with Crippen LogP contribution in [0.15, 0.2) is 48.5 Å². The molecule has 8 nitrogen and oxygen atoms in total. The summed E-state index contributed by atoms with van der Waals surface area (Å²) in [5.41, 5.74) is 2.92. The van der Waals surface area contributed by atoms with Crippen molar-refractivity contribution >= 4 is 29.7 Å². The maximum Gasteiger partial charge on any atom is 0.408 e. The normalized spacial score (nSPS) is 14.8. The van der Waals surface area contributed by atoms with Crippen LogP contribution in [0.4, 0.5) is 4.79 Å². The second-order valence-electron chi connectivity index (χ2n) is 8.46. The molecule has 0 aliphatic heterocycles. The van der Waals surface area contributed by atoms with Crippen molar-refractivity contribution in [2.24, 2.45) is 0 Å². The molecular formula is C26H32N2O6S. The third-order valence-corrected chi connectivity index (χ3v) is 6.97. The summed E-state index contributed by atoms with van der Waals surface area (Å²) in [7, 11) is 1.42. The molecule has 0 saturated heterocycles. The highest BCUT2D eigenvalue weighted by Crippen LogP contribution is 2.44. The van der Waals surface area contributed by atoms with Gasteiger partial charge in [0.25, 0.3) is 0 Å². The number of fused-ring (bicyclic) bond motifs is 3. The van der Waals surface area contributed by atoms with Crippen LogP contribution in [0.1, 0.15) is 36.8 Å². The number of aliphatic carboxylic acids is 1. The van der Waals surface area contributed by atoms with Crippen LogP contribution in [-0.4, -0.2) is 67.0 Å². The number of hydrogen-bond donors (Lipinski definition) is 3. The van der Waals surface area contributed by atoms with E-state index >= 15 is 0 Å². The minimum Gasteiger partial charge on any atom is -0.480 e. The number of carboxylic acids is 1. The minimum atomic E-state index is -1.47. The molecule has 1 unspecified atom stereocenters. The number of methoxy groups -OCH3 is 1. The van der Waals surface area contributed by atoms with E-state index in [0.29, 0.717) is 5.75 Å². The van der Waals surface area contributed by atoms with Gasteiger partial charge in [0, 0.05) is 13.0 Å².